The minimum atomic E-state index is 0.0608. The van der Waals surface area contributed by atoms with Crippen LogP contribution in [0, 0.1) is 6.92 Å². The second kappa shape index (κ2) is 9.33. The summed E-state index contributed by atoms with van der Waals surface area (Å²) >= 11 is 0. The average molecular weight is 484 g/mol. The number of Topliss-reactive ketones (excluding diaryl/α,β-unsaturated/α-hetero) is 1. The number of hydrogen-bond donors (Lipinski definition) is 0. The summed E-state index contributed by atoms with van der Waals surface area (Å²) in [5.41, 5.74) is 10.5. The Morgan fingerprint density at radius 2 is 1.59 bits per heavy atom. The maximum atomic E-state index is 13.8. The molecule has 182 valence electrons. The number of rotatable bonds is 4. The molecule has 0 bridgehead atoms. The third-order valence-corrected chi connectivity index (χ3v) is 7.81. The highest BCUT2D eigenvalue weighted by molar-refractivity contribution is 6.34. The van der Waals surface area contributed by atoms with E-state index in [0.29, 0.717) is 11.7 Å². The molecule has 4 aromatic rings. The SMILES string of the molecule is Cc1c[n+]2c(cc1C=Cc1ccc3c(c1)CCC(C)N3C)C(=O)C(c1ccccc1)=C2c1ccccc1. The third-order valence-electron chi connectivity index (χ3n) is 7.81. The average Bonchev–Trinajstić information content (AvgIpc) is 3.21. The fraction of sp³-hybridized carbons (Fsp3) is 0.176. The Hall–Kier alpha value is -4.24. The van der Waals surface area contributed by atoms with Gasteiger partial charge >= 0.3 is 0 Å². The topological polar surface area (TPSA) is 24.2 Å². The molecule has 3 aromatic carbocycles. The van der Waals surface area contributed by atoms with E-state index in [1.165, 1.54) is 23.2 Å². The molecule has 2 aliphatic rings. The van der Waals surface area contributed by atoms with Crippen LogP contribution in [0.2, 0.25) is 0 Å². The van der Waals surface area contributed by atoms with Gasteiger partial charge in [-0.25, -0.2) is 0 Å². The summed E-state index contributed by atoms with van der Waals surface area (Å²) in [6.45, 7) is 4.40. The lowest BCUT2D eigenvalue weighted by Crippen LogP contribution is -2.35. The minimum absolute atomic E-state index is 0.0608. The molecule has 0 fully saturated rings. The highest BCUT2D eigenvalue weighted by Crippen LogP contribution is 2.34. The first-order valence-electron chi connectivity index (χ1n) is 13.0. The molecule has 1 unspecified atom stereocenters. The highest BCUT2D eigenvalue weighted by atomic mass is 16.1. The van der Waals surface area contributed by atoms with Crippen LogP contribution in [-0.2, 0) is 6.42 Å². The van der Waals surface area contributed by atoms with Crippen molar-refractivity contribution >= 4 is 34.9 Å². The lowest BCUT2D eigenvalue weighted by Gasteiger charge is -2.34. The summed E-state index contributed by atoms with van der Waals surface area (Å²) in [6, 6.07) is 29.6. The van der Waals surface area contributed by atoms with Crippen LogP contribution < -0.4 is 9.47 Å². The Balaban J connectivity index is 1.39. The van der Waals surface area contributed by atoms with Crippen LogP contribution >= 0.6 is 0 Å². The molecule has 3 heterocycles. The summed E-state index contributed by atoms with van der Waals surface area (Å²) in [5, 5.41) is 0. The van der Waals surface area contributed by atoms with Gasteiger partial charge in [-0.3, -0.25) is 4.79 Å². The zero-order valence-corrected chi connectivity index (χ0v) is 21.6. The van der Waals surface area contributed by atoms with Gasteiger partial charge in [-0.2, -0.15) is 4.57 Å². The fourth-order valence-electron chi connectivity index (χ4n) is 5.55. The van der Waals surface area contributed by atoms with E-state index >= 15 is 0 Å². The van der Waals surface area contributed by atoms with Crippen LogP contribution in [0.15, 0.2) is 91.1 Å². The predicted octanol–water partition coefficient (Wildman–Crippen LogP) is 6.84. The lowest BCUT2D eigenvalue weighted by molar-refractivity contribution is -0.578. The summed E-state index contributed by atoms with van der Waals surface area (Å²) < 4.78 is 2.07. The number of fused-ring (bicyclic) bond motifs is 2. The molecule has 6 rings (SSSR count). The van der Waals surface area contributed by atoms with Crippen LogP contribution in [-0.4, -0.2) is 18.9 Å². The fourth-order valence-corrected chi connectivity index (χ4v) is 5.55. The summed E-state index contributed by atoms with van der Waals surface area (Å²) in [4.78, 5) is 16.2. The molecular formula is C34H31N2O+. The molecule has 2 aliphatic heterocycles. The standard InChI is InChI=1S/C34H31N2O/c1-23-22-36-31(21-28(23)18-15-25-16-19-30-29(20-25)17-14-24(2)35(30)3)34(37)32(26-10-6-4-7-11-26)33(36)27-12-8-5-9-13-27/h4-13,15-16,18-22,24H,14,17H2,1-3H3/q+1. The van der Waals surface area contributed by atoms with Crippen LogP contribution in [0.5, 0.6) is 0 Å². The number of allylic oxidation sites excluding steroid dienone is 1. The molecule has 0 spiro atoms. The van der Waals surface area contributed by atoms with Crippen molar-refractivity contribution in [3.63, 3.8) is 0 Å². The number of nitrogens with zero attached hydrogens (tertiary/aromatic N) is 2. The van der Waals surface area contributed by atoms with Gasteiger partial charge in [0.25, 0.3) is 11.5 Å². The first kappa shape index (κ1) is 23.2. The Bertz CT molecular complexity index is 1560. The molecule has 0 aliphatic carbocycles. The number of carbonyl (C=O) groups excluding carboxylic acids is 1. The Morgan fingerprint density at radius 3 is 2.32 bits per heavy atom. The summed E-state index contributed by atoms with van der Waals surface area (Å²) in [6.07, 6.45) is 8.71. The van der Waals surface area contributed by atoms with E-state index in [0.717, 1.165) is 39.9 Å². The van der Waals surface area contributed by atoms with Crippen molar-refractivity contribution in [3.8, 4) is 0 Å². The Labute approximate surface area is 219 Å². The molecule has 0 radical (unpaired) electrons. The molecule has 1 atom stereocenters. The van der Waals surface area contributed by atoms with E-state index in [9.17, 15) is 4.79 Å². The van der Waals surface area contributed by atoms with E-state index in [-0.39, 0.29) is 5.78 Å². The molecule has 37 heavy (non-hydrogen) atoms. The number of benzene rings is 3. The van der Waals surface area contributed by atoms with Crippen LogP contribution in [0.3, 0.4) is 0 Å². The van der Waals surface area contributed by atoms with Crippen molar-refractivity contribution in [1.29, 1.82) is 0 Å². The quantitative estimate of drug-likeness (QED) is 0.297. The molecule has 3 heteroatoms. The van der Waals surface area contributed by atoms with Crippen molar-refractivity contribution in [2.45, 2.75) is 32.7 Å². The largest absolute Gasteiger partial charge is 0.372 e. The van der Waals surface area contributed by atoms with Gasteiger partial charge in [-0.15, -0.1) is 0 Å². The van der Waals surface area contributed by atoms with Gasteiger partial charge < -0.3 is 4.90 Å². The monoisotopic (exact) mass is 483 g/mol. The van der Waals surface area contributed by atoms with Gasteiger partial charge in [-0.1, -0.05) is 66.7 Å². The number of hydrogen-bond acceptors (Lipinski definition) is 2. The smallest absolute Gasteiger partial charge is 0.264 e. The van der Waals surface area contributed by atoms with Crippen molar-refractivity contribution < 1.29 is 9.36 Å². The number of ketones is 1. The number of aryl methyl sites for hydroxylation is 2. The van der Waals surface area contributed by atoms with Gasteiger partial charge in [0.15, 0.2) is 6.20 Å². The second-order valence-electron chi connectivity index (χ2n) is 10.2. The van der Waals surface area contributed by atoms with Crippen molar-refractivity contribution in [2.75, 3.05) is 11.9 Å². The van der Waals surface area contributed by atoms with E-state index in [4.69, 9.17) is 0 Å². The molecule has 0 amide bonds. The van der Waals surface area contributed by atoms with Crippen molar-refractivity contribution in [1.82, 2.24) is 0 Å². The van der Waals surface area contributed by atoms with E-state index in [1.54, 1.807) is 0 Å². The number of anilines is 1. The van der Waals surface area contributed by atoms with Crippen molar-refractivity contribution in [2.24, 2.45) is 0 Å². The second-order valence-corrected chi connectivity index (χ2v) is 10.2. The van der Waals surface area contributed by atoms with Crippen LogP contribution in [0.1, 0.15) is 57.2 Å². The maximum absolute atomic E-state index is 13.8. The van der Waals surface area contributed by atoms with Gasteiger partial charge in [-0.05, 0) is 73.2 Å². The van der Waals surface area contributed by atoms with E-state index < -0.39 is 0 Å². The first-order valence-corrected chi connectivity index (χ1v) is 13.0. The normalized spacial score (nSPS) is 16.9. The lowest BCUT2D eigenvalue weighted by atomic mass is 9.95. The molecule has 3 nitrogen and oxygen atoms in total. The van der Waals surface area contributed by atoms with Gasteiger partial charge in [0.05, 0.1) is 0 Å². The van der Waals surface area contributed by atoms with Crippen molar-refractivity contribution in [3.05, 3.63) is 130 Å². The summed E-state index contributed by atoms with van der Waals surface area (Å²) in [5.74, 6) is 0.0608. The predicted molar refractivity (Wildman–Crippen MR) is 152 cm³/mol. The Kier molecular flexibility index (Phi) is 5.84. The third kappa shape index (κ3) is 4.11. The molecular weight excluding hydrogens is 452 g/mol. The van der Waals surface area contributed by atoms with Crippen LogP contribution in [0.25, 0.3) is 23.4 Å². The number of aromatic nitrogens is 1. The van der Waals surface area contributed by atoms with E-state index in [2.05, 4.69) is 79.0 Å². The maximum Gasteiger partial charge on any atom is 0.264 e. The molecule has 1 aromatic heterocycles. The first-order chi connectivity index (χ1) is 18.0. The van der Waals surface area contributed by atoms with E-state index in [1.807, 2.05) is 54.6 Å². The van der Waals surface area contributed by atoms with Gasteiger partial charge in [0.2, 0.25) is 5.70 Å². The zero-order chi connectivity index (χ0) is 25.5. The Morgan fingerprint density at radius 1 is 0.892 bits per heavy atom. The van der Waals surface area contributed by atoms with Crippen LogP contribution in [0.4, 0.5) is 5.69 Å². The summed E-state index contributed by atoms with van der Waals surface area (Å²) in [7, 11) is 2.18. The van der Waals surface area contributed by atoms with Gasteiger partial charge in [0.1, 0.15) is 5.57 Å². The minimum Gasteiger partial charge on any atom is -0.372 e. The highest BCUT2D eigenvalue weighted by Gasteiger charge is 2.40. The zero-order valence-electron chi connectivity index (χ0n) is 21.6. The number of pyridine rings is 1. The van der Waals surface area contributed by atoms with Gasteiger partial charge in [0, 0.05) is 36.0 Å². The molecule has 0 saturated carbocycles. The molecule has 0 saturated heterocycles. The number of carbonyl (C=O) groups is 1. The molecule has 0 N–H and O–H groups in total.